The summed E-state index contributed by atoms with van der Waals surface area (Å²) in [5.41, 5.74) is -1.54. The number of halogens is 5. The van der Waals surface area contributed by atoms with E-state index in [1.165, 1.54) is 6.92 Å². The van der Waals surface area contributed by atoms with Crippen molar-refractivity contribution in [1.82, 2.24) is 5.32 Å². The van der Waals surface area contributed by atoms with Gasteiger partial charge in [-0.15, -0.1) is 11.3 Å². The van der Waals surface area contributed by atoms with Crippen LogP contribution in [0.25, 0.3) is 0 Å². The summed E-state index contributed by atoms with van der Waals surface area (Å²) >= 11 is 4.26. The van der Waals surface area contributed by atoms with Gasteiger partial charge in [-0.2, -0.15) is 13.2 Å². The van der Waals surface area contributed by atoms with Gasteiger partial charge in [0.15, 0.2) is 0 Å². The van der Waals surface area contributed by atoms with Crippen LogP contribution in [-0.2, 0) is 28.7 Å². The highest BCUT2D eigenvalue weighted by molar-refractivity contribution is 9.11. The third-order valence-electron chi connectivity index (χ3n) is 4.25. The first kappa shape index (κ1) is 26.1. The first-order valence-corrected chi connectivity index (χ1v) is 11.1. The van der Waals surface area contributed by atoms with E-state index in [2.05, 4.69) is 21.2 Å². The molecule has 12 heteroatoms. The Morgan fingerprint density at radius 1 is 1.16 bits per heavy atom. The lowest BCUT2D eigenvalue weighted by atomic mass is 10.1. The number of carbonyl (C=O) groups is 2. The van der Waals surface area contributed by atoms with Crippen LogP contribution in [0.2, 0.25) is 0 Å². The van der Waals surface area contributed by atoms with Crippen molar-refractivity contribution in [3.05, 3.63) is 50.1 Å². The molecule has 0 aliphatic carbocycles. The van der Waals surface area contributed by atoms with Crippen molar-refractivity contribution in [1.29, 1.82) is 0 Å². The molecule has 1 amide bonds. The quantitative estimate of drug-likeness (QED) is 0.342. The maximum atomic E-state index is 14.5. The number of ether oxygens (including phenoxy) is 2. The number of alkyl halides is 3. The van der Waals surface area contributed by atoms with Crippen molar-refractivity contribution >= 4 is 44.3 Å². The number of amides is 1. The van der Waals surface area contributed by atoms with Gasteiger partial charge in [-0.25, -0.2) is 14.0 Å². The molecular weight excluding hydrogens is 520 g/mol. The van der Waals surface area contributed by atoms with Gasteiger partial charge in [-0.05, 0) is 49.0 Å². The number of nitrogens with zero attached hydrogens (tertiary/aromatic N) is 1. The summed E-state index contributed by atoms with van der Waals surface area (Å²) in [6.07, 6.45) is -5.88. The molecule has 0 aliphatic rings. The summed E-state index contributed by atoms with van der Waals surface area (Å²) in [5.74, 6) is -1.91. The molecule has 0 spiro atoms. The maximum Gasteiger partial charge on any atom is 0.416 e. The minimum absolute atomic E-state index is 0.0176. The minimum atomic E-state index is -4.85. The zero-order valence-corrected chi connectivity index (χ0v) is 19.8. The Hall–Kier alpha value is -2.18. The largest absolute Gasteiger partial charge is 0.462 e. The molecule has 1 aromatic carbocycles. The zero-order chi connectivity index (χ0) is 24.1. The number of benzene rings is 1. The molecule has 1 N–H and O–H groups in total. The van der Waals surface area contributed by atoms with Gasteiger partial charge in [0.25, 0.3) is 0 Å². The van der Waals surface area contributed by atoms with Crippen molar-refractivity contribution in [3.63, 3.8) is 0 Å². The van der Waals surface area contributed by atoms with Crippen LogP contribution in [0.3, 0.4) is 0 Å². The summed E-state index contributed by atoms with van der Waals surface area (Å²) < 4.78 is 65.6. The Balaban J connectivity index is 2.71. The molecule has 1 aromatic heterocycles. The van der Waals surface area contributed by atoms with Crippen molar-refractivity contribution in [3.8, 4) is 0 Å². The lowest BCUT2D eigenvalue weighted by Gasteiger charge is -2.24. The number of rotatable bonds is 8. The molecule has 0 fully saturated rings. The van der Waals surface area contributed by atoms with Gasteiger partial charge >= 0.3 is 18.2 Å². The molecule has 1 heterocycles. The fourth-order valence-corrected chi connectivity index (χ4v) is 4.75. The van der Waals surface area contributed by atoms with Gasteiger partial charge in [-0.3, -0.25) is 4.90 Å². The van der Waals surface area contributed by atoms with Gasteiger partial charge < -0.3 is 14.8 Å². The van der Waals surface area contributed by atoms with E-state index >= 15 is 0 Å². The SMILES string of the molecule is CCOC(=O)c1c(N(Cc2c(F)cccc2C(F)(F)F)C(=O)OCC)sc(Br)c1CNC. The lowest BCUT2D eigenvalue weighted by molar-refractivity contribution is -0.138. The molecule has 2 aromatic rings. The van der Waals surface area contributed by atoms with E-state index in [0.717, 1.165) is 34.4 Å². The summed E-state index contributed by atoms with van der Waals surface area (Å²) in [5, 5.41) is 2.86. The molecule has 0 radical (unpaired) electrons. The van der Waals surface area contributed by atoms with Crippen LogP contribution in [0, 0.1) is 5.82 Å². The number of carbonyl (C=O) groups excluding carboxylic acids is 2. The summed E-state index contributed by atoms with van der Waals surface area (Å²) in [7, 11) is 1.64. The monoisotopic (exact) mass is 540 g/mol. The summed E-state index contributed by atoms with van der Waals surface area (Å²) in [4.78, 5) is 26.3. The minimum Gasteiger partial charge on any atom is -0.462 e. The van der Waals surface area contributed by atoms with E-state index in [1.54, 1.807) is 14.0 Å². The van der Waals surface area contributed by atoms with Gasteiger partial charge in [0.05, 0.1) is 29.1 Å². The molecule has 0 aliphatic heterocycles. The summed E-state index contributed by atoms with van der Waals surface area (Å²) in [6, 6.07) is 2.54. The molecule has 6 nitrogen and oxygen atoms in total. The average Bonchev–Trinajstić information content (AvgIpc) is 3.02. The van der Waals surface area contributed by atoms with E-state index in [0.29, 0.717) is 9.35 Å². The Labute approximate surface area is 194 Å². The molecule has 0 saturated heterocycles. The van der Waals surface area contributed by atoms with E-state index in [4.69, 9.17) is 9.47 Å². The van der Waals surface area contributed by atoms with E-state index in [-0.39, 0.29) is 30.3 Å². The molecule has 176 valence electrons. The molecule has 32 heavy (non-hydrogen) atoms. The molecule has 2 rings (SSSR count). The highest BCUT2D eigenvalue weighted by atomic mass is 79.9. The van der Waals surface area contributed by atoms with Gasteiger partial charge in [0.2, 0.25) is 0 Å². The Morgan fingerprint density at radius 2 is 1.81 bits per heavy atom. The topological polar surface area (TPSA) is 67.9 Å². The smallest absolute Gasteiger partial charge is 0.416 e. The van der Waals surface area contributed by atoms with Crippen molar-refractivity contribution in [2.24, 2.45) is 0 Å². The second kappa shape index (κ2) is 11.1. The first-order valence-electron chi connectivity index (χ1n) is 9.48. The van der Waals surface area contributed by atoms with Crippen molar-refractivity contribution in [2.45, 2.75) is 33.1 Å². The average molecular weight is 541 g/mol. The van der Waals surface area contributed by atoms with Gasteiger partial charge in [0.1, 0.15) is 16.4 Å². The molecule has 0 unspecified atom stereocenters. The fraction of sp³-hybridized carbons (Fsp3) is 0.400. The lowest BCUT2D eigenvalue weighted by Crippen LogP contribution is -2.33. The van der Waals surface area contributed by atoms with Crippen LogP contribution >= 0.6 is 27.3 Å². The highest BCUT2D eigenvalue weighted by Crippen LogP contribution is 2.42. The van der Waals surface area contributed by atoms with Crippen molar-refractivity contribution < 1.29 is 36.6 Å². The van der Waals surface area contributed by atoms with Crippen LogP contribution in [-0.4, -0.2) is 32.3 Å². The highest BCUT2D eigenvalue weighted by Gasteiger charge is 2.37. The number of esters is 1. The zero-order valence-electron chi connectivity index (χ0n) is 17.4. The second-order valence-corrected chi connectivity index (χ2v) is 8.65. The van der Waals surface area contributed by atoms with Gasteiger partial charge in [-0.1, -0.05) is 6.07 Å². The third-order valence-corrected chi connectivity index (χ3v) is 6.25. The predicted molar refractivity (Wildman–Crippen MR) is 115 cm³/mol. The Bertz CT molecular complexity index is 981. The second-order valence-electron chi connectivity index (χ2n) is 6.33. The van der Waals surface area contributed by atoms with E-state index in [1.807, 2.05) is 0 Å². The number of anilines is 1. The van der Waals surface area contributed by atoms with Crippen LogP contribution in [0.15, 0.2) is 22.0 Å². The number of nitrogens with one attached hydrogen (secondary N) is 1. The van der Waals surface area contributed by atoms with Crippen LogP contribution in [0.4, 0.5) is 27.4 Å². The molecule has 0 saturated carbocycles. The number of thiophene rings is 1. The van der Waals surface area contributed by atoms with Gasteiger partial charge in [0, 0.05) is 17.7 Å². The standard InChI is InChI=1S/C20H21BrF4N2O4S/c1-4-30-18(28)15-11(9-26-3)16(21)32-17(15)27(19(29)31-5-2)10-12-13(20(23,24)25)7-6-8-14(12)22/h6-8,26H,4-5,9-10H2,1-3H3. The molecular formula is C20H21BrF4N2O4S. The fourth-order valence-electron chi connectivity index (χ4n) is 2.93. The summed E-state index contributed by atoms with van der Waals surface area (Å²) in [6.45, 7) is 2.46. The third kappa shape index (κ3) is 5.78. The van der Waals surface area contributed by atoms with Crippen LogP contribution < -0.4 is 10.2 Å². The molecule has 0 atom stereocenters. The van der Waals surface area contributed by atoms with Crippen molar-refractivity contribution in [2.75, 3.05) is 25.2 Å². The number of hydrogen-bond donors (Lipinski definition) is 1. The maximum absolute atomic E-state index is 14.5. The van der Waals surface area contributed by atoms with E-state index in [9.17, 15) is 27.2 Å². The Morgan fingerprint density at radius 3 is 2.38 bits per heavy atom. The van der Waals surface area contributed by atoms with E-state index < -0.39 is 41.7 Å². The number of hydrogen-bond acceptors (Lipinski definition) is 6. The Kier molecular flexibility index (Phi) is 9.05. The van der Waals surface area contributed by atoms with Crippen LogP contribution in [0.5, 0.6) is 0 Å². The molecule has 0 bridgehead atoms. The predicted octanol–water partition coefficient (Wildman–Crippen LogP) is 5.73. The first-order chi connectivity index (χ1) is 15.1. The normalized spacial score (nSPS) is 11.4. The van der Waals surface area contributed by atoms with Crippen LogP contribution in [0.1, 0.15) is 40.9 Å².